The number of fused-ring (bicyclic) bond motifs is 1. The minimum absolute atomic E-state index is 0.112. The van der Waals surface area contributed by atoms with Crippen LogP contribution in [0.2, 0.25) is 10.2 Å². The third-order valence-corrected chi connectivity index (χ3v) is 4.92. The topological polar surface area (TPSA) is 113 Å². The molecule has 2 aromatic heterocycles. The second kappa shape index (κ2) is 7.95. The highest BCUT2D eigenvalue weighted by molar-refractivity contribution is 7.22. The smallest absolute Gasteiger partial charge is 0.397 e. The van der Waals surface area contributed by atoms with Gasteiger partial charge in [0.1, 0.15) is 10.8 Å². The number of esters is 1. The fourth-order valence-corrected chi connectivity index (χ4v) is 3.34. The van der Waals surface area contributed by atoms with Crippen LogP contribution in [-0.2, 0) is 14.3 Å². The molecule has 3 aromatic rings. The SMILES string of the molecule is CCOC(=O)C(=O)Nc1ccc2nc(NC(=O)c3cc(Cl)c(Cl)[nH]3)sc2c1. The quantitative estimate of drug-likeness (QED) is 0.434. The number of thiazole rings is 1. The summed E-state index contributed by atoms with van der Waals surface area (Å²) in [6.45, 7) is 1.72. The van der Waals surface area contributed by atoms with Crippen LogP contribution in [0.25, 0.3) is 10.2 Å². The first kappa shape index (κ1) is 19.2. The van der Waals surface area contributed by atoms with Gasteiger partial charge in [0.25, 0.3) is 5.91 Å². The number of nitrogens with one attached hydrogen (secondary N) is 3. The number of ether oxygens (including phenoxy) is 1. The molecule has 3 rings (SSSR count). The third kappa shape index (κ3) is 4.38. The molecule has 0 saturated carbocycles. The van der Waals surface area contributed by atoms with E-state index in [1.54, 1.807) is 25.1 Å². The molecule has 27 heavy (non-hydrogen) atoms. The molecule has 11 heteroatoms. The van der Waals surface area contributed by atoms with Crippen LogP contribution in [0, 0.1) is 0 Å². The fraction of sp³-hybridized carbons (Fsp3) is 0.125. The zero-order chi connectivity index (χ0) is 19.6. The van der Waals surface area contributed by atoms with Crippen LogP contribution >= 0.6 is 34.5 Å². The van der Waals surface area contributed by atoms with Crippen LogP contribution < -0.4 is 10.6 Å². The van der Waals surface area contributed by atoms with E-state index >= 15 is 0 Å². The maximum Gasteiger partial charge on any atom is 0.397 e. The summed E-state index contributed by atoms with van der Waals surface area (Å²) < 4.78 is 5.34. The van der Waals surface area contributed by atoms with Crippen molar-refractivity contribution in [2.75, 3.05) is 17.2 Å². The highest BCUT2D eigenvalue weighted by Gasteiger charge is 2.16. The number of amides is 2. The van der Waals surface area contributed by atoms with Gasteiger partial charge in [0.05, 0.1) is 21.8 Å². The van der Waals surface area contributed by atoms with Gasteiger partial charge in [0.2, 0.25) is 0 Å². The zero-order valence-electron chi connectivity index (χ0n) is 13.8. The van der Waals surface area contributed by atoms with Gasteiger partial charge in [0.15, 0.2) is 5.13 Å². The van der Waals surface area contributed by atoms with E-state index in [1.807, 2.05) is 0 Å². The number of H-pyrrole nitrogens is 1. The van der Waals surface area contributed by atoms with Crippen LogP contribution in [0.4, 0.5) is 10.8 Å². The molecule has 0 saturated heterocycles. The van der Waals surface area contributed by atoms with Gasteiger partial charge in [-0.25, -0.2) is 9.78 Å². The van der Waals surface area contributed by atoms with Gasteiger partial charge in [-0.3, -0.25) is 14.9 Å². The summed E-state index contributed by atoms with van der Waals surface area (Å²) in [5.74, 6) is -2.27. The van der Waals surface area contributed by atoms with E-state index in [1.165, 1.54) is 17.4 Å². The van der Waals surface area contributed by atoms with Crippen molar-refractivity contribution in [3.63, 3.8) is 0 Å². The summed E-state index contributed by atoms with van der Waals surface area (Å²) in [6, 6.07) is 6.30. The minimum atomic E-state index is -0.960. The molecule has 0 radical (unpaired) electrons. The summed E-state index contributed by atoms with van der Waals surface area (Å²) in [5.41, 5.74) is 1.23. The van der Waals surface area contributed by atoms with Crippen LogP contribution in [0.5, 0.6) is 0 Å². The predicted octanol–water partition coefficient (Wildman–Crippen LogP) is 3.69. The van der Waals surface area contributed by atoms with Gasteiger partial charge in [0, 0.05) is 5.69 Å². The van der Waals surface area contributed by atoms with Gasteiger partial charge in [-0.2, -0.15) is 0 Å². The van der Waals surface area contributed by atoms with E-state index in [9.17, 15) is 14.4 Å². The largest absolute Gasteiger partial charge is 0.459 e. The molecule has 2 amide bonds. The number of aromatic nitrogens is 2. The highest BCUT2D eigenvalue weighted by atomic mass is 35.5. The Labute approximate surface area is 166 Å². The summed E-state index contributed by atoms with van der Waals surface area (Å²) in [4.78, 5) is 42.2. The molecule has 1 aromatic carbocycles. The Hall–Kier alpha value is -2.62. The van der Waals surface area contributed by atoms with E-state index in [4.69, 9.17) is 23.2 Å². The zero-order valence-corrected chi connectivity index (χ0v) is 16.1. The number of rotatable bonds is 4. The number of carbonyl (C=O) groups excluding carboxylic acids is 3. The van der Waals surface area contributed by atoms with E-state index in [-0.39, 0.29) is 22.5 Å². The second-order valence-electron chi connectivity index (χ2n) is 5.18. The molecular formula is C16H12Cl2N4O4S. The molecule has 0 aliphatic heterocycles. The Bertz CT molecular complexity index is 1030. The maximum absolute atomic E-state index is 12.2. The lowest BCUT2D eigenvalue weighted by molar-refractivity contribution is -0.152. The van der Waals surface area contributed by atoms with Crippen molar-refractivity contribution in [3.05, 3.63) is 40.1 Å². The standard InChI is InChI=1S/C16H12Cl2N4O4S/c1-2-26-15(25)14(24)19-7-3-4-9-11(5-7)27-16(21-9)22-13(23)10-6-8(17)12(18)20-10/h3-6,20H,2H2,1H3,(H,19,24)(H,21,22,23). The van der Waals surface area contributed by atoms with Gasteiger partial charge in [-0.1, -0.05) is 34.5 Å². The average Bonchev–Trinajstić information content (AvgIpc) is 3.17. The average molecular weight is 427 g/mol. The highest BCUT2D eigenvalue weighted by Crippen LogP contribution is 2.29. The maximum atomic E-state index is 12.2. The first-order valence-electron chi connectivity index (χ1n) is 7.61. The van der Waals surface area contributed by atoms with Crippen LogP contribution in [0.1, 0.15) is 17.4 Å². The number of halogens is 2. The number of anilines is 2. The normalized spacial score (nSPS) is 10.6. The lowest BCUT2D eigenvalue weighted by Crippen LogP contribution is -2.24. The molecule has 0 fully saturated rings. The van der Waals surface area contributed by atoms with Gasteiger partial charge in [-0.05, 0) is 31.2 Å². The Balaban J connectivity index is 1.74. The number of carbonyl (C=O) groups is 3. The molecule has 140 valence electrons. The lowest BCUT2D eigenvalue weighted by atomic mass is 10.3. The van der Waals surface area contributed by atoms with Crippen molar-refractivity contribution in [1.29, 1.82) is 0 Å². The van der Waals surface area contributed by atoms with E-state index in [2.05, 4.69) is 25.3 Å². The number of aromatic amines is 1. The monoisotopic (exact) mass is 426 g/mol. The summed E-state index contributed by atoms with van der Waals surface area (Å²) in [6.07, 6.45) is 0. The molecule has 0 atom stereocenters. The molecule has 0 bridgehead atoms. The predicted molar refractivity (Wildman–Crippen MR) is 104 cm³/mol. The lowest BCUT2D eigenvalue weighted by Gasteiger charge is -2.04. The van der Waals surface area contributed by atoms with Crippen molar-refractivity contribution < 1.29 is 19.1 Å². The van der Waals surface area contributed by atoms with Gasteiger partial charge < -0.3 is 15.0 Å². The second-order valence-corrected chi connectivity index (χ2v) is 6.99. The number of hydrogen-bond acceptors (Lipinski definition) is 6. The van der Waals surface area contributed by atoms with Gasteiger partial charge >= 0.3 is 11.9 Å². The number of hydrogen-bond donors (Lipinski definition) is 3. The minimum Gasteiger partial charge on any atom is -0.459 e. The third-order valence-electron chi connectivity index (χ3n) is 3.30. The number of benzene rings is 1. The molecule has 0 unspecified atom stereocenters. The molecule has 0 spiro atoms. The first-order chi connectivity index (χ1) is 12.9. The summed E-state index contributed by atoms with van der Waals surface area (Å²) in [5, 5.41) is 5.86. The molecular weight excluding hydrogens is 415 g/mol. The Morgan fingerprint density at radius 3 is 2.67 bits per heavy atom. The van der Waals surface area contributed by atoms with E-state index in [0.717, 1.165) is 0 Å². The van der Waals surface area contributed by atoms with Crippen molar-refractivity contribution >= 4 is 73.4 Å². The Kier molecular flexibility index (Phi) is 5.64. The summed E-state index contributed by atoms with van der Waals surface area (Å²) >= 11 is 12.8. The van der Waals surface area contributed by atoms with Crippen LogP contribution in [0.3, 0.4) is 0 Å². The van der Waals surface area contributed by atoms with E-state index in [0.29, 0.717) is 21.0 Å². The van der Waals surface area contributed by atoms with Crippen molar-refractivity contribution in [2.45, 2.75) is 6.92 Å². The molecule has 8 nitrogen and oxygen atoms in total. The van der Waals surface area contributed by atoms with E-state index < -0.39 is 17.8 Å². The molecule has 0 aliphatic rings. The van der Waals surface area contributed by atoms with Crippen molar-refractivity contribution in [3.8, 4) is 0 Å². The summed E-state index contributed by atoms with van der Waals surface area (Å²) in [7, 11) is 0. The molecule has 0 aliphatic carbocycles. The Morgan fingerprint density at radius 2 is 2.00 bits per heavy atom. The number of nitrogens with zero attached hydrogens (tertiary/aromatic N) is 1. The fourth-order valence-electron chi connectivity index (χ4n) is 2.13. The Morgan fingerprint density at radius 1 is 1.22 bits per heavy atom. The van der Waals surface area contributed by atoms with Crippen molar-refractivity contribution in [2.24, 2.45) is 0 Å². The molecule has 2 heterocycles. The van der Waals surface area contributed by atoms with Crippen LogP contribution in [0.15, 0.2) is 24.3 Å². The van der Waals surface area contributed by atoms with Crippen molar-refractivity contribution in [1.82, 2.24) is 9.97 Å². The first-order valence-corrected chi connectivity index (χ1v) is 9.18. The molecule has 3 N–H and O–H groups in total. The van der Waals surface area contributed by atoms with Gasteiger partial charge in [-0.15, -0.1) is 0 Å². The van der Waals surface area contributed by atoms with Crippen LogP contribution in [-0.4, -0.2) is 34.4 Å².